The number of nitrogens with one attached hydrogen (secondary N) is 2. The van der Waals surface area contributed by atoms with Gasteiger partial charge in [0.05, 0.1) is 12.6 Å². The normalized spacial score (nSPS) is 15.2. The zero-order valence-corrected chi connectivity index (χ0v) is 21.6. The number of carbonyl (C=O) groups excluding carboxylic acids is 2. The maximum absolute atomic E-state index is 13.4. The summed E-state index contributed by atoms with van der Waals surface area (Å²) >= 11 is 0. The average Bonchev–Trinajstić information content (AvgIpc) is 2.95. The van der Waals surface area contributed by atoms with E-state index in [0.29, 0.717) is 35.6 Å². The molecule has 2 heterocycles. The number of piperidine rings is 1. The van der Waals surface area contributed by atoms with Gasteiger partial charge in [0.1, 0.15) is 0 Å². The van der Waals surface area contributed by atoms with E-state index in [4.69, 9.17) is 0 Å². The van der Waals surface area contributed by atoms with Gasteiger partial charge in [-0.15, -0.1) is 0 Å². The topological polar surface area (TPSA) is 94.6 Å². The number of likely N-dealkylation sites (tertiary alicyclic amines) is 1. The summed E-state index contributed by atoms with van der Waals surface area (Å²) in [7, 11) is 2.12. The van der Waals surface area contributed by atoms with E-state index in [1.165, 1.54) is 0 Å². The van der Waals surface area contributed by atoms with Crippen molar-refractivity contribution in [1.29, 1.82) is 0 Å². The van der Waals surface area contributed by atoms with E-state index in [-0.39, 0.29) is 18.4 Å². The van der Waals surface area contributed by atoms with Gasteiger partial charge in [-0.2, -0.15) is 0 Å². The van der Waals surface area contributed by atoms with Gasteiger partial charge in [0.2, 0.25) is 0 Å². The lowest BCUT2D eigenvalue weighted by Crippen LogP contribution is -2.37. The molecule has 0 aliphatic carbocycles. The summed E-state index contributed by atoms with van der Waals surface area (Å²) in [6.07, 6.45) is 6.31. The summed E-state index contributed by atoms with van der Waals surface area (Å²) in [5.74, 6) is 0.0922. The van der Waals surface area contributed by atoms with Crippen LogP contribution in [0.3, 0.4) is 0 Å². The van der Waals surface area contributed by atoms with Gasteiger partial charge < -0.3 is 20.6 Å². The maximum atomic E-state index is 13.4. The first-order valence-electron chi connectivity index (χ1n) is 13.0. The van der Waals surface area contributed by atoms with Crippen molar-refractivity contribution in [3.8, 4) is 11.1 Å². The summed E-state index contributed by atoms with van der Waals surface area (Å²) in [5.41, 5.74) is 4.60. The molecule has 194 valence electrons. The predicted molar refractivity (Wildman–Crippen MR) is 145 cm³/mol. The molecule has 37 heavy (non-hydrogen) atoms. The van der Waals surface area contributed by atoms with Gasteiger partial charge in [-0.25, -0.2) is 0 Å². The van der Waals surface area contributed by atoms with Crippen LogP contribution in [0.2, 0.25) is 0 Å². The van der Waals surface area contributed by atoms with Crippen LogP contribution in [0.4, 0.5) is 0 Å². The van der Waals surface area contributed by atoms with Gasteiger partial charge in [-0.3, -0.25) is 14.6 Å². The van der Waals surface area contributed by atoms with Gasteiger partial charge >= 0.3 is 0 Å². The Bertz CT molecular complexity index is 1210. The van der Waals surface area contributed by atoms with Crippen molar-refractivity contribution in [3.63, 3.8) is 0 Å². The fourth-order valence-electron chi connectivity index (χ4n) is 4.79. The third-order valence-corrected chi connectivity index (χ3v) is 7.18. The van der Waals surface area contributed by atoms with E-state index in [0.717, 1.165) is 42.6 Å². The molecule has 7 nitrogen and oxygen atoms in total. The number of nitrogens with zero attached hydrogens (tertiary/aromatic N) is 2. The average molecular weight is 501 g/mol. The van der Waals surface area contributed by atoms with Crippen LogP contribution in [0, 0.1) is 5.92 Å². The molecule has 1 fully saturated rings. The van der Waals surface area contributed by atoms with E-state index in [1.807, 2.05) is 43.3 Å². The van der Waals surface area contributed by atoms with Crippen LogP contribution in [0.5, 0.6) is 0 Å². The highest BCUT2D eigenvalue weighted by Gasteiger charge is 2.20. The second-order valence-electron chi connectivity index (χ2n) is 9.75. The van der Waals surface area contributed by atoms with E-state index >= 15 is 0 Å². The highest BCUT2D eigenvalue weighted by atomic mass is 16.3. The van der Waals surface area contributed by atoms with Crippen molar-refractivity contribution in [3.05, 3.63) is 89.2 Å². The molecule has 0 radical (unpaired) electrons. The highest BCUT2D eigenvalue weighted by Crippen LogP contribution is 2.24. The lowest BCUT2D eigenvalue weighted by molar-refractivity contribution is 0.0915. The Morgan fingerprint density at radius 2 is 1.78 bits per heavy atom. The van der Waals surface area contributed by atoms with Gasteiger partial charge in [0.25, 0.3) is 11.8 Å². The number of amides is 2. The van der Waals surface area contributed by atoms with Crippen LogP contribution in [-0.2, 0) is 6.42 Å². The molecule has 0 spiro atoms. The van der Waals surface area contributed by atoms with Crippen LogP contribution in [-0.4, -0.2) is 60.1 Å². The van der Waals surface area contributed by atoms with E-state index in [1.54, 1.807) is 30.6 Å². The standard InChI is InChI=1S/C30H36N4O3/c1-3-22-7-8-24(23-9-13-31-14-10-23)18-27(22)30(37)33-28(20-35)25-5-4-6-26(17-25)29(36)32-19-21-11-15-34(2)16-12-21/h4-10,13-14,17-18,21,28,35H,3,11-12,15-16,19-20H2,1-2H3,(H,32,36)(H,33,37)/t28-/m1/s1. The molecule has 3 N–H and O–H groups in total. The zero-order valence-electron chi connectivity index (χ0n) is 21.6. The van der Waals surface area contributed by atoms with Crippen molar-refractivity contribution in [2.75, 3.05) is 33.3 Å². The van der Waals surface area contributed by atoms with Gasteiger partial charge in [-0.1, -0.05) is 31.2 Å². The highest BCUT2D eigenvalue weighted by molar-refractivity contribution is 5.97. The lowest BCUT2D eigenvalue weighted by atomic mass is 9.96. The first-order valence-corrected chi connectivity index (χ1v) is 13.0. The molecule has 1 aromatic heterocycles. The van der Waals surface area contributed by atoms with Gasteiger partial charge in [0, 0.05) is 30.1 Å². The van der Waals surface area contributed by atoms with Crippen molar-refractivity contribution in [2.24, 2.45) is 5.92 Å². The molecule has 3 aromatic rings. The van der Waals surface area contributed by atoms with Crippen molar-refractivity contribution < 1.29 is 14.7 Å². The fraction of sp³-hybridized carbons (Fsp3) is 0.367. The molecule has 0 saturated carbocycles. The number of aromatic nitrogens is 1. The minimum atomic E-state index is -0.636. The number of hydrogen-bond acceptors (Lipinski definition) is 5. The SMILES string of the molecule is CCc1ccc(-c2ccncc2)cc1C(=O)N[C@H](CO)c1cccc(C(=O)NCC2CCN(C)CC2)c1. The summed E-state index contributed by atoms with van der Waals surface area (Å²) < 4.78 is 0. The largest absolute Gasteiger partial charge is 0.394 e. The monoisotopic (exact) mass is 500 g/mol. The zero-order chi connectivity index (χ0) is 26.2. The number of pyridine rings is 1. The molecule has 1 aliphatic heterocycles. The quantitative estimate of drug-likeness (QED) is 0.415. The number of aliphatic hydroxyl groups is 1. The Morgan fingerprint density at radius 1 is 1.03 bits per heavy atom. The molecule has 1 atom stereocenters. The second-order valence-corrected chi connectivity index (χ2v) is 9.75. The molecule has 2 aromatic carbocycles. The minimum Gasteiger partial charge on any atom is -0.394 e. The van der Waals surface area contributed by atoms with Gasteiger partial charge in [0.15, 0.2) is 0 Å². The van der Waals surface area contributed by atoms with Gasteiger partial charge in [-0.05, 0) is 97.9 Å². The maximum Gasteiger partial charge on any atom is 0.252 e. The van der Waals surface area contributed by atoms with E-state index < -0.39 is 6.04 Å². The number of hydrogen-bond donors (Lipinski definition) is 3. The molecule has 0 unspecified atom stereocenters. The molecular weight excluding hydrogens is 464 g/mol. The summed E-state index contributed by atoms with van der Waals surface area (Å²) in [6.45, 7) is 4.50. The third kappa shape index (κ3) is 6.81. The molecule has 7 heteroatoms. The summed E-state index contributed by atoms with van der Waals surface area (Å²) in [5, 5.41) is 16.2. The summed E-state index contributed by atoms with van der Waals surface area (Å²) in [6, 6.07) is 16.1. The Kier molecular flexibility index (Phi) is 9.04. The smallest absolute Gasteiger partial charge is 0.252 e. The van der Waals surface area contributed by atoms with Crippen LogP contribution in [0.25, 0.3) is 11.1 Å². The third-order valence-electron chi connectivity index (χ3n) is 7.18. The molecule has 2 amide bonds. The fourth-order valence-corrected chi connectivity index (χ4v) is 4.79. The lowest BCUT2D eigenvalue weighted by Gasteiger charge is -2.29. The number of benzene rings is 2. The van der Waals surface area contributed by atoms with Crippen LogP contribution >= 0.6 is 0 Å². The van der Waals surface area contributed by atoms with E-state index in [9.17, 15) is 14.7 Å². The number of carbonyl (C=O) groups is 2. The number of aryl methyl sites for hydroxylation is 1. The Balaban J connectivity index is 1.46. The van der Waals surface area contributed by atoms with Crippen molar-refractivity contribution in [2.45, 2.75) is 32.2 Å². The first-order chi connectivity index (χ1) is 18.0. The first kappa shape index (κ1) is 26.5. The molecule has 4 rings (SSSR count). The Labute approximate surface area is 218 Å². The number of rotatable bonds is 9. The van der Waals surface area contributed by atoms with Crippen LogP contribution in [0.1, 0.15) is 57.7 Å². The second kappa shape index (κ2) is 12.6. The van der Waals surface area contributed by atoms with Crippen LogP contribution in [0.15, 0.2) is 67.0 Å². The van der Waals surface area contributed by atoms with E-state index in [2.05, 4.69) is 27.6 Å². The molecule has 0 bridgehead atoms. The predicted octanol–water partition coefficient (Wildman–Crippen LogP) is 3.85. The Hall–Kier alpha value is -3.55. The molecular formula is C30H36N4O3. The summed E-state index contributed by atoms with van der Waals surface area (Å²) in [4.78, 5) is 32.6. The van der Waals surface area contributed by atoms with Crippen molar-refractivity contribution in [1.82, 2.24) is 20.5 Å². The molecule has 1 saturated heterocycles. The van der Waals surface area contributed by atoms with Crippen molar-refractivity contribution >= 4 is 11.8 Å². The van der Waals surface area contributed by atoms with Crippen LogP contribution < -0.4 is 10.6 Å². The minimum absolute atomic E-state index is 0.137. The molecule has 1 aliphatic rings. The number of aliphatic hydroxyl groups excluding tert-OH is 1. The Morgan fingerprint density at radius 3 is 2.49 bits per heavy atom.